The van der Waals surface area contributed by atoms with Gasteiger partial charge in [-0.2, -0.15) is 0 Å². The van der Waals surface area contributed by atoms with Gasteiger partial charge < -0.3 is 20.5 Å². The Hall–Kier alpha value is -0.360. The van der Waals surface area contributed by atoms with Gasteiger partial charge in [-0.1, -0.05) is 12.8 Å². The molecule has 5 nitrogen and oxygen atoms in total. The summed E-state index contributed by atoms with van der Waals surface area (Å²) in [5.74, 6) is -0.0687. The summed E-state index contributed by atoms with van der Waals surface area (Å²) in [6.45, 7) is 2.28. The third-order valence-electron chi connectivity index (χ3n) is 3.88. The lowest BCUT2D eigenvalue weighted by atomic mass is 9.90. The minimum absolute atomic E-state index is 0. The molecule has 0 bridgehead atoms. The van der Waals surface area contributed by atoms with Crippen LogP contribution >= 0.6 is 12.4 Å². The Morgan fingerprint density at radius 1 is 1.32 bits per heavy atom. The summed E-state index contributed by atoms with van der Waals surface area (Å²) in [6.07, 6.45) is 6.45. The van der Waals surface area contributed by atoms with E-state index in [0.717, 1.165) is 12.8 Å². The molecule has 1 heterocycles. The van der Waals surface area contributed by atoms with Gasteiger partial charge in [-0.05, 0) is 25.7 Å². The van der Waals surface area contributed by atoms with Crippen molar-refractivity contribution in [1.29, 1.82) is 0 Å². The van der Waals surface area contributed by atoms with Crippen molar-refractivity contribution in [3.05, 3.63) is 0 Å². The van der Waals surface area contributed by atoms with Crippen molar-refractivity contribution in [3.63, 3.8) is 0 Å². The van der Waals surface area contributed by atoms with Crippen LogP contribution in [0.25, 0.3) is 0 Å². The van der Waals surface area contributed by atoms with Crippen LogP contribution in [0.3, 0.4) is 0 Å². The monoisotopic (exact) mass is 292 g/mol. The maximum absolute atomic E-state index is 12.0. The highest BCUT2D eigenvalue weighted by Gasteiger charge is 2.35. The second-order valence-electron chi connectivity index (χ2n) is 5.30. The topological polar surface area (TPSA) is 73.6 Å². The summed E-state index contributed by atoms with van der Waals surface area (Å²) in [7, 11) is 0. The molecule has 1 aliphatic heterocycles. The van der Waals surface area contributed by atoms with Crippen molar-refractivity contribution in [1.82, 2.24) is 5.32 Å². The number of hydrogen-bond donors (Lipinski definition) is 2. The molecule has 0 aromatic carbocycles. The van der Waals surface area contributed by atoms with Gasteiger partial charge in [-0.15, -0.1) is 12.4 Å². The molecule has 1 amide bonds. The van der Waals surface area contributed by atoms with Crippen molar-refractivity contribution in [2.45, 2.75) is 50.2 Å². The van der Waals surface area contributed by atoms with Gasteiger partial charge in [0.1, 0.15) is 0 Å². The van der Waals surface area contributed by atoms with Crippen molar-refractivity contribution in [2.24, 2.45) is 5.73 Å². The molecule has 0 aromatic rings. The van der Waals surface area contributed by atoms with E-state index in [9.17, 15) is 4.79 Å². The lowest BCUT2D eigenvalue weighted by molar-refractivity contribution is -0.130. The van der Waals surface area contributed by atoms with Crippen LogP contribution in [0.2, 0.25) is 0 Å². The number of nitrogens with one attached hydrogen (secondary N) is 1. The third kappa shape index (κ3) is 4.91. The summed E-state index contributed by atoms with van der Waals surface area (Å²) in [4.78, 5) is 12.0. The van der Waals surface area contributed by atoms with Crippen molar-refractivity contribution in [3.8, 4) is 0 Å². The Morgan fingerprint density at radius 3 is 2.58 bits per heavy atom. The molecule has 1 saturated heterocycles. The molecule has 2 rings (SSSR count). The summed E-state index contributed by atoms with van der Waals surface area (Å²) in [5, 5.41) is 2.87. The van der Waals surface area contributed by atoms with E-state index in [1.807, 2.05) is 0 Å². The van der Waals surface area contributed by atoms with Gasteiger partial charge in [-0.25, -0.2) is 0 Å². The number of carbonyl (C=O) groups is 1. The standard InChI is InChI=1S/C13H24N2O3.ClH/c14-13(5-8-17-9-6-13)12(16)15-7-10-18-11-3-1-2-4-11;/h11H,1-10,14H2,(H,15,16);1H. The number of amides is 1. The van der Waals surface area contributed by atoms with Crippen LogP contribution in [0, 0.1) is 0 Å². The zero-order chi connectivity index (χ0) is 12.8. The summed E-state index contributed by atoms with van der Waals surface area (Å²) in [5.41, 5.74) is 5.33. The van der Waals surface area contributed by atoms with Crippen LogP contribution in [-0.2, 0) is 14.3 Å². The van der Waals surface area contributed by atoms with Crippen molar-refractivity contribution in [2.75, 3.05) is 26.4 Å². The Kier molecular flexibility index (Phi) is 7.07. The quantitative estimate of drug-likeness (QED) is 0.741. The van der Waals surface area contributed by atoms with E-state index in [0.29, 0.717) is 45.3 Å². The number of rotatable bonds is 5. The predicted molar refractivity (Wildman–Crippen MR) is 75.4 cm³/mol. The van der Waals surface area contributed by atoms with Crippen LogP contribution in [0.5, 0.6) is 0 Å². The van der Waals surface area contributed by atoms with Crippen LogP contribution in [0.1, 0.15) is 38.5 Å². The minimum Gasteiger partial charge on any atom is -0.381 e. The highest BCUT2D eigenvalue weighted by Crippen LogP contribution is 2.20. The molecular weight excluding hydrogens is 268 g/mol. The van der Waals surface area contributed by atoms with Gasteiger partial charge in [0.2, 0.25) is 5.91 Å². The number of carbonyl (C=O) groups excluding carboxylic acids is 1. The van der Waals surface area contributed by atoms with E-state index in [2.05, 4.69) is 5.32 Å². The zero-order valence-corrected chi connectivity index (χ0v) is 12.2. The van der Waals surface area contributed by atoms with E-state index in [1.165, 1.54) is 12.8 Å². The first-order valence-electron chi connectivity index (χ1n) is 6.97. The van der Waals surface area contributed by atoms with Gasteiger partial charge in [0.05, 0.1) is 18.2 Å². The fraction of sp³-hybridized carbons (Fsp3) is 0.923. The Labute approximate surface area is 121 Å². The molecule has 1 saturated carbocycles. The Bertz CT molecular complexity index is 277. The highest BCUT2D eigenvalue weighted by atomic mass is 35.5. The van der Waals surface area contributed by atoms with E-state index in [-0.39, 0.29) is 18.3 Å². The molecule has 0 spiro atoms. The van der Waals surface area contributed by atoms with E-state index >= 15 is 0 Å². The molecular formula is C13H25ClN2O3. The lowest BCUT2D eigenvalue weighted by Crippen LogP contribution is -2.57. The second-order valence-corrected chi connectivity index (χ2v) is 5.30. The minimum atomic E-state index is -0.744. The smallest absolute Gasteiger partial charge is 0.240 e. The molecule has 1 aliphatic carbocycles. The van der Waals surface area contributed by atoms with Crippen LogP contribution in [-0.4, -0.2) is 43.9 Å². The van der Waals surface area contributed by atoms with Crippen LogP contribution in [0.4, 0.5) is 0 Å². The molecule has 0 unspecified atom stereocenters. The molecule has 6 heteroatoms. The van der Waals surface area contributed by atoms with Gasteiger partial charge >= 0.3 is 0 Å². The first-order valence-corrected chi connectivity index (χ1v) is 6.97. The Morgan fingerprint density at radius 2 is 1.95 bits per heavy atom. The van der Waals surface area contributed by atoms with Crippen LogP contribution in [0.15, 0.2) is 0 Å². The molecule has 19 heavy (non-hydrogen) atoms. The predicted octanol–water partition coefficient (Wildman–Crippen LogP) is 0.991. The van der Waals surface area contributed by atoms with E-state index < -0.39 is 5.54 Å². The number of halogens is 1. The summed E-state index contributed by atoms with van der Waals surface area (Å²) >= 11 is 0. The highest BCUT2D eigenvalue weighted by molar-refractivity contribution is 5.86. The zero-order valence-electron chi connectivity index (χ0n) is 11.4. The van der Waals surface area contributed by atoms with Gasteiger partial charge in [0.25, 0.3) is 0 Å². The van der Waals surface area contributed by atoms with Gasteiger partial charge in [0, 0.05) is 19.8 Å². The first-order chi connectivity index (χ1) is 8.71. The van der Waals surface area contributed by atoms with Gasteiger partial charge in [-0.3, -0.25) is 4.79 Å². The SMILES string of the molecule is Cl.NC1(C(=O)NCCOC2CCCC2)CCOCC1. The average molecular weight is 293 g/mol. The van der Waals surface area contributed by atoms with Crippen LogP contribution < -0.4 is 11.1 Å². The maximum Gasteiger partial charge on any atom is 0.240 e. The lowest BCUT2D eigenvalue weighted by Gasteiger charge is -2.31. The van der Waals surface area contributed by atoms with Crippen molar-refractivity contribution < 1.29 is 14.3 Å². The summed E-state index contributed by atoms with van der Waals surface area (Å²) in [6, 6.07) is 0. The normalized spacial score (nSPS) is 22.8. The molecule has 0 aromatic heterocycles. The maximum atomic E-state index is 12.0. The molecule has 2 aliphatic rings. The molecule has 0 radical (unpaired) electrons. The van der Waals surface area contributed by atoms with Crippen molar-refractivity contribution >= 4 is 18.3 Å². The second kappa shape index (κ2) is 8.04. The number of nitrogens with two attached hydrogens (primary N) is 1. The fourth-order valence-electron chi connectivity index (χ4n) is 2.58. The summed E-state index contributed by atoms with van der Waals surface area (Å²) < 4.78 is 10.9. The Balaban J connectivity index is 0.00000180. The number of hydrogen-bond acceptors (Lipinski definition) is 4. The first kappa shape index (κ1) is 16.7. The molecule has 0 atom stereocenters. The average Bonchev–Trinajstić information content (AvgIpc) is 2.88. The molecule has 112 valence electrons. The largest absolute Gasteiger partial charge is 0.381 e. The third-order valence-corrected chi connectivity index (χ3v) is 3.88. The van der Waals surface area contributed by atoms with E-state index in [1.54, 1.807) is 0 Å². The molecule has 3 N–H and O–H groups in total. The molecule has 2 fully saturated rings. The van der Waals surface area contributed by atoms with E-state index in [4.69, 9.17) is 15.2 Å². The van der Waals surface area contributed by atoms with Gasteiger partial charge in [0.15, 0.2) is 0 Å². The fourth-order valence-corrected chi connectivity index (χ4v) is 2.58. The number of ether oxygens (including phenoxy) is 2.